The molecule has 10 heteroatoms. The molecule has 0 bridgehead atoms. The van der Waals surface area contributed by atoms with Crippen molar-refractivity contribution in [1.29, 1.82) is 0 Å². The van der Waals surface area contributed by atoms with Crippen LogP contribution in [0.4, 0.5) is 15.8 Å². The first-order valence-corrected chi connectivity index (χ1v) is 12.3. The van der Waals surface area contributed by atoms with Crippen LogP contribution in [0.25, 0.3) is 10.9 Å². The highest BCUT2D eigenvalue weighted by molar-refractivity contribution is 6.07. The predicted molar refractivity (Wildman–Crippen MR) is 142 cm³/mol. The number of aliphatic hydroxyl groups is 1. The Morgan fingerprint density at radius 1 is 1.05 bits per heavy atom. The molecule has 198 valence electrons. The lowest BCUT2D eigenvalue weighted by atomic mass is 10.1. The lowest BCUT2D eigenvalue weighted by Gasteiger charge is -2.23. The minimum Gasteiger partial charge on any atom is -0.478 e. The molecule has 0 aliphatic heterocycles. The zero-order valence-corrected chi connectivity index (χ0v) is 21.1. The molecule has 1 aromatic heterocycles. The zero-order valence-electron chi connectivity index (χ0n) is 21.1. The van der Waals surface area contributed by atoms with Crippen molar-refractivity contribution in [3.63, 3.8) is 0 Å². The Bertz CT molecular complexity index is 1320. The molecule has 0 fully saturated rings. The molecule has 0 radical (unpaired) electrons. The molecule has 37 heavy (non-hydrogen) atoms. The Kier molecular flexibility index (Phi) is 9.76. The second kappa shape index (κ2) is 13.0. The van der Waals surface area contributed by atoms with Crippen molar-refractivity contribution in [3.05, 3.63) is 69.3 Å². The third kappa shape index (κ3) is 7.14. The molecule has 0 unspecified atom stereocenters. The molecular weight excluding hydrogens is 479 g/mol. The topological polar surface area (TPSA) is 135 Å². The van der Waals surface area contributed by atoms with Gasteiger partial charge >= 0.3 is 5.97 Å². The van der Waals surface area contributed by atoms with Gasteiger partial charge in [0, 0.05) is 31.2 Å². The zero-order chi connectivity index (χ0) is 26.9. The highest BCUT2D eigenvalue weighted by Gasteiger charge is 2.18. The Balaban J connectivity index is 1.92. The monoisotopic (exact) mass is 512 g/mol. The number of hydrogen-bond donors (Lipinski definition) is 5. The van der Waals surface area contributed by atoms with Crippen molar-refractivity contribution >= 4 is 34.2 Å². The first-order valence-electron chi connectivity index (χ1n) is 12.3. The van der Waals surface area contributed by atoms with Crippen LogP contribution >= 0.6 is 0 Å². The summed E-state index contributed by atoms with van der Waals surface area (Å²) in [7, 11) is 1.60. The number of anilines is 2. The van der Waals surface area contributed by atoms with Gasteiger partial charge in [-0.05, 0) is 54.9 Å². The number of carboxylic acids is 1. The van der Waals surface area contributed by atoms with Gasteiger partial charge in [-0.1, -0.05) is 26.2 Å². The summed E-state index contributed by atoms with van der Waals surface area (Å²) >= 11 is 0. The lowest BCUT2D eigenvalue weighted by Crippen LogP contribution is -2.29. The Morgan fingerprint density at radius 2 is 1.84 bits per heavy atom. The SMILES string of the molecule is CCCCCCN(CCO)Cc1cc(C(=O)O)ccc1NC(=O)c1cc2cc(F)cc(NC)c2[nH]c1=O. The van der Waals surface area contributed by atoms with E-state index in [0.29, 0.717) is 47.5 Å². The fourth-order valence-electron chi connectivity index (χ4n) is 4.23. The number of rotatable bonds is 13. The number of aromatic carboxylic acids is 1. The van der Waals surface area contributed by atoms with E-state index in [2.05, 4.69) is 22.5 Å². The molecule has 0 aliphatic rings. The number of fused-ring (bicyclic) bond motifs is 1. The summed E-state index contributed by atoms with van der Waals surface area (Å²) in [5.41, 5.74) is 0.851. The average Bonchev–Trinajstić information content (AvgIpc) is 2.86. The molecule has 2 aromatic carbocycles. The number of hydrogen-bond acceptors (Lipinski definition) is 6. The number of carboxylic acid groups (broad SMARTS) is 1. The van der Waals surface area contributed by atoms with Crippen molar-refractivity contribution in [1.82, 2.24) is 9.88 Å². The van der Waals surface area contributed by atoms with Crippen LogP contribution in [0, 0.1) is 5.82 Å². The molecular formula is C27H33FN4O5. The fraction of sp³-hybridized carbons (Fsp3) is 0.370. The van der Waals surface area contributed by atoms with Crippen LogP contribution in [0.3, 0.4) is 0 Å². The molecule has 0 atom stereocenters. The van der Waals surface area contributed by atoms with Crippen molar-refractivity contribution < 1.29 is 24.2 Å². The van der Waals surface area contributed by atoms with Gasteiger partial charge in [-0.2, -0.15) is 0 Å². The normalized spacial score (nSPS) is 11.2. The maximum Gasteiger partial charge on any atom is 0.335 e. The molecule has 9 nitrogen and oxygen atoms in total. The first kappa shape index (κ1) is 27.8. The predicted octanol–water partition coefficient (Wildman–Crippen LogP) is 4.03. The second-order valence-corrected chi connectivity index (χ2v) is 8.87. The Hall–Kier alpha value is -3.76. The van der Waals surface area contributed by atoms with E-state index in [0.717, 1.165) is 25.7 Å². The highest BCUT2D eigenvalue weighted by atomic mass is 19.1. The van der Waals surface area contributed by atoms with Crippen LogP contribution in [-0.4, -0.2) is 58.7 Å². The average molecular weight is 513 g/mol. The number of benzene rings is 2. The van der Waals surface area contributed by atoms with Crippen LogP contribution in [0.15, 0.2) is 41.2 Å². The molecule has 1 heterocycles. The van der Waals surface area contributed by atoms with Crippen LogP contribution in [0.1, 0.15) is 58.9 Å². The van der Waals surface area contributed by atoms with Crippen molar-refractivity contribution in [2.45, 2.75) is 39.2 Å². The number of H-pyrrole nitrogens is 1. The molecule has 0 saturated heterocycles. The quantitative estimate of drug-likeness (QED) is 0.218. The van der Waals surface area contributed by atoms with Crippen molar-refractivity contribution in [3.8, 4) is 0 Å². The van der Waals surface area contributed by atoms with Crippen molar-refractivity contribution in [2.24, 2.45) is 0 Å². The number of carbonyl (C=O) groups excluding carboxylic acids is 1. The van der Waals surface area contributed by atoms with Crippen molar-refractivity contribution in [2.75, 3.05) is 37.4 Å². The van der Waals surface area contributed by atoms with Gasteiger partial charge in [-0.25, -0.2) is 9.18 Å². The summed E-state index contributed by atoms with van der Waals surface area (Å²) < 4.78 is 14.0. The molecule has 1 amide bonds. The van der Waals surface area contributed by atoms with Crippen LogP contribution < -0.4 is 16.2 Å². The standard InChI is InChI=1S/C27H33FN4O5/c1-3-4-5-6-9-32(10-11-33)16-19-12-17(27(36)37)7-8-22(19)30-25(34)21-14-18-13-20(28)15-23(29-2)24(18)31-26(21)35/h7-8,12-15,29,33H,3-6,9-11,16H2,1-2H3,(H,30,34)(H,31,35)(H,36,37). The molecule has 0 spiro atoms. The minimum absolute atomic E-state index is 0.0570. The van der Waals surface area contributed by atoms with Gasteiger partial charge in [0.05, 0.1) is 23.4 Å². The molecule has 3 aromatic rings. The van der Waals surface area contributed by atoms with Crippen LogP contribution in [0.5, 0.6) is 0 Å². The lowest BCUT2D eigenvalue weighted by molar-refractivity contribution is 0.0696. The number of aromatic amines is 1. The number of aromatic nitrogens is 1. The largest absolute Gasteiger partial charge is 0.478 e. The number of amides is 1. The van der Waals surface area contributed by atoms with E-state index in [4.69, 9.17) is 0 Å². The number of halogens is 1. The fourth-order valence-corrected chi connectivity index (χ4v) is 4.23. The molecule has 0 aliphatic carbocycles. The molecule has 5 N–H and O–H groups in total. The summed E-state index contributed by atoms with van der Waals surface area (Å²) in [4.78, 5) is 42.1. The van der Waals surface area contributed by atoms with E-state index in [1.165, 1.54) is 36.4 Å². The first-order chi connectivity index (χ1) is 17.8. The van der Waals surface area contributed by atoms with Gasteiger partial charge in [-0.15, -0.1) is 0 Å². The van der Waals surface area contributed by atoms with Crippen LogP contribution in [0.2, 0.25) is 0 Å². The smallest absolute Gasteiger partial charge is 0.335 e. The second-order valence-electron chi connectivity index (χ2n) is 8.87. The summed E-state index contributed by atoms with van der Waals surface area (Å²) in [5, 5.41) is 24.9. The van der Waals surface area contributed by atoms with Gasteiger partial charge in [0.25, 0.3) is 11.5 Å². The van der Waals surface area contributed by atoms with E-state index in [1.54, 1.807) is 7.05 Å². The van der Waals surface area contributed by atoms with E-state index in [9.17, 15) is 29.0 Å². The number of nitrogens with one attached hydrogen (secondary N) is 3. The van der Waals surface area contributed by atoms with Gasteiger partial charge < -0.3 is 25.8 Å². The van der Waals surface area contributed by atoms with E-state index in [1.807, 2.05) is 4.90 Å². The number of unbranched alkanes of at least 4 members (excludes halogenated alkanes) is 3. The number of carbonyl (C=O) groups is 2. The summed E-state index contributed by atoms with van der Waals surface area (Å²) in [6.45, 7) is 3.45. The summed E-state index contributed by atoms with van der Waals surface area (Å²) in [6.07, 6.45) is 4.15. The summed E-state index contributed by atoms with van der Waals surface area (Å²) in [5.74, 6) is -2.34. The van der Waals surface area contributed by atoms with E-state index in [-0.39, 0.29) is 17.7 Å². The maximum atomic E-state index is 14.0. The highest BCUT2D eigenvalue weighted by Crippen LogP contribution is 2.24. The van der Waals surface area contributed by atoms with Gasteiger partial charge in [0.1, 0.15) is 11.4 Å². The van der Waals surface area contributed by atoms with Gasteiger partial charge in [0.15, 0.2) is 0 Å². The van der Waals surface area contributed by atoms with E-state index < -0.39 is 23.3 Å². The third-order valence-electron chi connectivity index (χ3n) is 6.17. The molecule has 0 saturated carbocycles. The van der Waals surface area contributed by atoms with E-state index >= 15 is 0 Å². The Labute approximate surface area is 214 Å². The number of pyridine rings is 1. The van der Waals surface area contributed by atoms with Gasteiger partial charge in [-0.3, -0.25) is 14.5 Å². The summed E-state index contributed by atoms with van der Waals surface area (Å²) in [6, 6.07) is 8.13. The Morgan fingerprint density at radius 3 is 2.51 bits per heavy atom. The number of nitrogens with zero attached hydrogens (tertiary/aromatic N) is 1. The third-order valence-corrected chi connectivity index (χ3v) is 6.17. The van der Waals surface area contributed by atoms with Crippen LogP contribution in [-0.2, 0) is 6.54 Å². The van der Waals surface area contributed by atoms with Gasteiger partial charge in [0.2, 0.25) is 0 Å². The molecule has 3 rings (SSSR count). The number of aliphatic hydroxyl groups excluding tert-OH is 1. The minimum atomic E-state index is -1.11. The maximum absolute atomic E-state index is 14.0.